The van der Waals surface area contributed by atoms with Gasteiger partial charge in [0.2, 0.25) is 0 Å². The van der Waals surface area contributed by atoms with Gasteiger partial charge in [-0.15, -0.1) is 0 Å². The van der Waals surface area contributed by atoms with E-state index in [9.17, 15) is 0 Å². The summed E-state index contributed by atoms with van der Waals surface area (Å²) in [7, 11) is 0. The summed E-state index contributed by atoms with van der Waals surface area (Å²) in [6.45, 7) is 6.05. The fourth-order valence-corrected chi connectivity index (χ4v) is 5.90. The Morgan fingerprint density at radius 1 is 1.05 bits per heavy atom. The van der Waals surface area contributed by atoms with Crippen LogP contribution in [0.3, 0.4) is 0 Å². The molecule has 0 radical (unpaired) electrons. The normalized spacial score (nSPS) is 43.4. The quantitative estimate of drug-likeness (QED) is 0.778. The first-order chi connectivity index (χ1) is 9.11. The molecule has 2 atom stereocenters. The van der Waals surface area contributed by atoms with E-state index in [4.69, 9.17) is 0 Å². The summed E-state index contributed by atoms with van der Waals surface area (Å²) in [6.07, 6.45) is 12.8. The molecule has 4 rings (SSSR count). The van der Waals surface area contributed by atoms with Gasteiger partial charge in [0.05, 0.1) is 0 Å². The molecule has 0 aromatic carbocycles. The van der Waals surface area contributed by atoms with Gasteiger partial charge in [-0.25, -0.2) is 0 Å². The van der Waals surface area contributed by atoms with E-state index in [1.165, 1.54) is 32.2 Å². The third-order valence-corrected chi connectivity index (χ3v) is 7.45. The summed E-state index contributed by atoms with van der Waals surface area (Å²) in [5.74, 6) is 3.25. The number of thioether (sulfide) groups is 1. The van der Waals surface area contributed by atoms with Gasteiger partial charge < -0.3 is 5.32 Å². The van der Waals surface area contributed by atoms with Crippen molar-refractivity contribution in [2.45, 2.75) is 70.1 Å². The van der Waals surface area contributed by atoms with E-state index in [-0.39, 0.29) is 0 Å². The summed E-state index contributed by atoms with van der Waals surface area (Å²) in [6, 6.07) is 0.745. The standard InChI is InChI=1S/C17H31NS/c1-12(19-3)4-5-18-13(2)17-9-14-6-15(10-17)8-16(7-14)11-17/h12-16,18H,4-11H2,1-3H3. The molecular weight excluding hydrogens is 250 g/mol. The van der Waals surface area contributed by atoms with Crippen molar-refractivity contribution in [2.75, 3.05) is 12.8 Å². The molecule has 4 aliphatic carbocycles. The molecule has 0 aromatic heterocycles. The first-order valence-corrected chi connectivity index (χ1v) is 9.66. The number of nitrogens with one attached hydrogen (secondary N) is 1. The Balaban J connectivity index is 1.55. The van der Waals surface area contributed by atoms with E-state index in [0.29, 0.717) is 5.41 Å². The predicted molar refractivity (Wildman–Crippen MR) is 85.7 cm³/mol. The molecule has 2 unspecified atom stereocenters. The second kappa shape index (κ2) is 5.60. The highest BCUT2D eigenvalue weighted by atomic mass is 32.2. The van der Waals surface area contributed by atoms with Crippen LogP contribution in [0.5, 0.6) is 0 Å². The highest BCUT2D eigenvalue weighted by Crippen LogP contribution is 2.61. The number of hydrogen-bond acceptors (Lipinski definition) is 2. The van der Waals surface area contributed by atoms with E-state index >= 15 is 0 Å². The average molecular weight is 282 g/mol. The second-order valence-electron chi connectivity index (χ2n) is 7.79. The van der Waals surface area contributed by atoms with Crippen molar-refractivity contribution in [3.8, 4) is 0 Å². The lowest BCUT2D eigenvalue weighted by Crippen LogP contribution is -2.55. The fourth-order valence-electron chi connectivity index (χ4n) is 5.55. The van der Waals surface area contributed by atoms with Crippen LogP contribution in [0.15, 0.2) is 0 Å². The van der Waals surface area contributed by atoms with Crippen molar-refractivity contribution in [3.05, 3.63) is 0 Å². The zero-order valence-corrected chi connectivity index (χ0v) is 13.8. The van der Waals surface area contributed by atoms with Crippen molar-refractivity contribution >= 4 is 11.8 Å². The molecule has 2 heteroatoms. The SMILES string of the molecule is CSC(C)CCNC(C)C12CC3CC(CC(C3)C1)C2. The maximum atomic E-state index is 3.89. The fraction of sp³-hybridized carbons (Fsp3) is 1.00. The molecule has 1 nitrogen and oxygen atoms in total. The van der Waals surface area contributed by atoms with Gasteiger partial charge in [0.25, 0.3) is 0 Å². The van der Waals surface area contributed by atoms with Gasteiger partial charge in [-0.3, -0.25) is 0 Å². The molecule has 19 heavy (non-hydrogen) atoms. The third kappa shape index (κ3) is 2.85. The summed E-state index contributed by atoms with van der Waals surface area (Å²) in [5, 5.41) is 4.69. The summed E-state index contributed by atoms with van der Waals surface area (Å²) < 4.78 is 0. The lowest BCUT2D eigenvalue weighted by atomic mass is 9.48. The van der Waals surface area contributed by atoms with Gasteiger partial charge in [0.1, 0.15) is 0 Å². The Hall–Kier alpha value is 0.310. The lowest BCUT2D eigenvalue weighted by Gasteiger charge is -2.59. The smallest absolute Gasteiger partial charge is 0.00955 e. The van der Waals surface area contributed by atoms with E-state index in [1.54, 1.807) is 19.3 Å². The summed E-state index contributed by atoms with van der Waals surface area (Å²) in [5.41, 5.74) is 0.678. The van der Waals surface area contributed by atoms with Crippen LogP contribution in [0.2, 0.25) is 0 Å². The predicted octanol–water partition coefficient (Wildman–Crippen LogP) is 4.32. The van der Waals surface area contributed by atoms with Gasteiger partial charge in [0, 0.05) is 11.3 Å². The monoisotopic (exact) mass is 281 g/mol. The molecule has 0 aliphatic heterocycles. The van der Waals surface area contributed by atoms with Gasteiger partial charge in [-0.2, -0.15) is 11.8 Å². The molecule has 0 amide bonds. The Morgan fingerprint density at radius 3 is 2.05 bits per heavy atom. The van der Waals surface area contributed by atoms with Crippen molar-refractivity contribution in [2.24, 2.45) is 23.2 Å². The average Bonchev–Trinajstić information content (AvgIpc) is 2.36. The van der Waals surface area contributed by atoms with Crippen LogP contribution >= 0.6 is 11.8 Å². The minimum atomic E-state index is 0.678. The van der Waals surface area contributed by atoms with Crippen LogP contribution in [-0.2, 0) is 0 Å². The Bertz CT molecular complexity index is 279. The Morgan fingerprint density at radius 2 is 1.58 bits per heavy atom. The van der Waals surface area contributed by atoms with Crippen molar-refractivity contribution in [1.82, 2.24) is 5.32 Å². The Kier molecular flexibility index (Phi) is 4.20. The molecule has 4 saturated carbocycles. The highest BCUT2D eigenvalue weighted by Gasteiger charge is 2.52. The van der Waals surface area contributed by atoms with E-state index in [1.807, 2.05) is 11.8 Å². The molecule has 1 N–H and O–H groups in total. The third-order valence-electron chi connectivity index (χ3n) is 6.41. The van der Waals surface area contributed by atoms with Crippen molar-refractivity contribution in [1.29, 1.82) is 0 Å². The Labute approximate surface area is 123 Å². The van der Waals surface area contributed by atoms with E-state index in [0.717, 1.165) is 29.0 Å². The molecule has 4 bridgehead atoms. The zero-order chi connectivity index (χ0) is 13.5. The van der Waals surface area contributed by atoms with Crippen LogP contribution in [0.1, 0.15) is 58.8 Å². The summed E-state index contributed by atoms with van der Waals surface area (Å²) >= 11 is 2.00. The van der Waals surface area contributed by atoms with Gasteiger partial charge in [0.15, 0.2) is 0 Å². The van der Waals surface area contributed by atoms with Crippen LogP contribution in [-0.4, -0.2) is 24.1 Å². The van der Waals surface area contributed by atoms with Crippen LogP contribution in [0, 0.1) is 23.2 Å². The second-order valence-corrected chi connectivity index (χ2v) is 9.07. The molecule has 0 saturated heterocycles. The minimum absolute atomic E-state index is 0.678. The zero-order valence-electron chi connectivity index (χ0n) is 13.0. The molecule has 4 fully saturated rings. The van der Waals surface area contributed by atoms with E-state index in [2.05, 4.69) is 25.4 Å². The number of hydrogen-bond donors (Lipinski definition) is 1. The lowest BCUT2D eigenvalue weighted by molar-refractivity contribution is -0.0703. The van der Waals surface area contributed by atoms with Crippen LogP contribution in [0.4, 0.5) is 0 Å². The molecule has 110 valence electrons. The number of rotatable bonds is 6. The molecule has 0 aromatic rings. The topological polar surface area (TPSA) is 12.0 Å². The van der Waals surface area contributed by atoms with Crippen molar-refractivity contribution < 1.29 is 0 Å². The molecule has 0 spiro atoms. The molecular formula is C17H31NS. The van der Waals surface area contributed by atoms with Gasteiger partial charge in [-0.1, -0.05) is 6.92 Å². The maximum Gasteiger partial charge on any atom is 0.00955 e. The van der Waals surface area contributed by atoms with Crippen molar-refractivity contribution in [3.63, 3.8) is 0 Å². The largest absolute Gasteiger partial charge is 0.314 e. The van der Waals surface area contributed by atoms with Crippen LogP contribution < -0.4 is 5.32 Å². The first-order valence-electron chi connectivity index (χ1n) is 8.37. The van der Waals surface area contributed by atoms with Gasteiger partial charge >= 0.3 is 0 Å². The minimum Gasteiger partial charge on any atom is -0.314 e. The first kappa shape index (κ1) is 14.3. The summed E-state index contributed by atoms with van der Waals surface area (Å²) in [4.78, 5) is 0. The maximum absolute atomic E-state index is 3.89. The van der Waals surface area contributed by atoms with Crippen LogP contribution in [0.25, 0.3) is 0 Å². The highest BCUT2D eigenvalue weighted by molar-refractivity contribution is 7.99. The molecule has 4 aliphatic rings. The molecule has 0 heterocycles. The van der Waals surface area contributed by atoms with Gasteiger partial charge in [-0.05, 0) is 87.8 Å². The van der Waals surface area contributed by atoms with E-state index < -0.39 is 0 Å².